The molecule has 0 aliphatic rings. The van der Waals surface area contributed by atoms with Crippen molar-refractivity contribution in [3.05, 3.63) is 53.6 Å². The third kappa shape index (κ3) is 4.29. The van der Waals surface area contributed by atoms with Crippen LogP contribution in [0.5, 0.6) is 17.2 Å². The van der Waals surface area contributed by atoms with Gasteiger partial charge in [-0.2, -0.15) is 0 Å². The second kappa shape index (κ2) is 8.06. The Kier molecular flexibility index (Phi) is 5.84. The van der Waals surface area contributed by atoms with Crippen LogP contribution in [-0.4, -0.2) is 29.9 Å². The molecule has 0 amide bonds. The van der Waals surface area contributed by atoms with Crippen LogP contribution in [0.4, 0.5) is 0 Å². The first-order valence-electron chi connectivity index (χ1n) is 7.60. The van der Waals surface area contributed by atoms with E-state index in [1.165, 1.54) is 12.1 Å². The molecular formula is C19H20O5. The summed E-state index contributed by atoms with van der Waals surface area (Å²) in [7, 11) is 1.54. The van der Waals surface area contributed by atoms with Crippen LogP contribution in [0.25, 0.3) is 11.6 Å². The quantitative estimate of drug-likeness (QED) is 0.597. The minimum absolute atomic E-state index is 0.0857. The number of benzene rings is 2. The molecule has 126 valence electrons. The molecule has 0 heterocycles. The summed E-state index contributed by atoms with van der Waals surface area (Å²) >= 11 is 0. The van der Waals surface area contributed by atoms with E-state index in [9.17, 15) is 15.0 Å². The highest BCUT2D eigenvalue weighted by molar-refractivity contribution is 6.20. The summed E-state index contributed by atoms with van der Waals surface area (Å²) < 4.78 is 10.9. The van der Waals surface area contributed by atoms with E-state index in [0.717, 1.165) is 6.42 Å². The van der Waals surface area contributed by atoms with E-state index in [4.69, 9.17) is 9.47 Å². The first-order valence-corrected chi connectivity index (χ1v) is 7.60. The Morgan fingerprint density at radius 1 is 1.12 bits per heavy atom. The van der Waals surface area contributed by atoms with Gasteiger partial charge in [0.05, 0.1) is 19.3 Å². The molecule has 5 heteroatoms. The lowest BCUT2D eigenvalue weighted by atomic mass is 10.0. The van der Waals surface area contributed by atoms with Crippen molar-refractivity contribution in [1.82, 2.24) is 0 Å². The fourth-order valence-electron chi connectivity index (χ4n) is 2.18. The molecule has 0 spiro atoms. The summed E-state index contributed by atoms with van der Waals surface area (Å²) in [5, 5.41) is 18.8. The van der Waals surface area contributed by atoms with Crippen LogP contribution in [0.1, 0.15) is 24.5 Å². The molecular weight excluding hydrogens is 308 g/mol. The molecule has 24 heavy (non-hydrogen) atoms. The standard InChI is InChI=1S/C19H20O5/c1-3-10-24-17-9-4-13(12-18(17)23-2)11-16(19(21)22)14-5-7-15(20)8-6-14/h4-9,11-12,20H,3,10H2,1-2H3,(H,21,22)/b16-11-. The van der Waals surface area contributed by atoms with Gasteiger partial charge in [0.25, 0.3) is 0 Å². The molecule has 0 radical (unpaired) electrons. The van der Waals surface area contributed by atoms with Gasteiger partial charge in [0.15, 0.2) is 11.5 Å². The molecule has 2 rings (SSSR count). The fourth-order valence-corrected chi connectivity index (χ4v) is 2.18. The predicted octanol–water partition coefficient (Wildman–Crippen LogP) is 3.81. The number of rotatable bonds is 7. The van der Waals surface area contributed by atoms with Gasteiger partial charge in [0.1, 0.15) is 5.75 Å². The molecule has 2 aromatic rings. The minimum Gasteiger partial charge on any atom is -0.508 e. The zero-order valence-electron chi connectivity index (χ0n) is 13.7. The van der Waals surface area contributed by atoms with Gasteiger partial charge >= 0.3 is 5.97 Å². The molecule has 0 saturated carbocycles. The van der Waals surface area contributed by atoms with Gasteiger partial charge < -0.3 is 19.7 Å². The van der Waals surface area contributed by atoms with Gasteiger partial charge in [0, 0.05) is 0 Å². The van der Waals surface area contributed by atoms with Crippen molar-refractivity contribution in [3.63, 3.8) is 0 Å². The lowest BCUT2D eigenvalue weighted by molar-refractivity contribution is -0.130. The number of hydrogen-bond acceptors (Lipinski definition) is 4. The van der Waals surface area contributed by atoms with Crippen LogP contribution >= 0.6 is 0 Å². The van der Waals surface area contributed by atoms with Crippen molar-refractivity contribution in [2.24, 2.45) is 0 Å². The van der Waals surface area contributed by atoms with E-state index in [2.05, 4.69) is 0 Å². The average molecular weight is 328 g/mol. The van der Waals surface area contributed by atoms with Crippen molar-refractivity contribution < 1.29 is 24.5 Å². The molecule has 0 atom stereocenters. The number of carboxylic acids is 1. The maximum atomic E-state index is 11.6. The van der Waals surface area contributed by atoms with Gasteiger partial charge in [-0.1, -0.05) is 25.1 Å². The van der Waals surface area contributed by atoms with E-state index < -0.39 is 5.97 Å². The summed E-state index contributed by atoms with van der Waals surface area (Å²) in [5.74, 6) is 0.208. The predicted molar refractivity (Wildman–Crippen MR) is 92.4 cm³/mol. The SMILES string of the molecule is CCCOc1ccc(/C=C(\C(=O)O)c2ccc(O)cc2)cc1OC. The largest absolute Gasteiger partial charge is 0.508 e. The van der Waals surface area contributed by atoms with Crippen molar-refractivity contribution >= 4 is 17.6 Å². The third-order valence-electron chi connectivity index (χ3n) is 3.37. The highest BCUT2D eigenvalue weighted by Gasteiger charge is 2.12. The summed E-state index contributed by atoms with van der Waals surface area (Å²) in [4.78, 5) is 11.6. The molecule has 2 aromatic carbocycles. The molecule has 0 saturated heterocycles. The van der Waals surface area contributed by atoms with Crippen LogP contribution in [0.2, 0.25) is 0 Å². The Hall–Kier alpha value is -2.95. The Balaban J connectivity index is 2.38. The Labute approximate surface area is 140 Å². The van der Waals surface area contributed by atoms with E-state index in [-0.39, 0.29) is 11.3 Å². The molecule has 0 aliphatic heterocycles. The fraction of sp³-hybridized carbons (Fsp3) is 0.211. The average Bonchev–Trinajstić information content (AvgIpc) is 2.59. The molecule has 0 unspecified atom stereocenters. The summed E-state index contributed by atoms with van der Waals surface area (Å²) in [6, 6.07) is 11.3. The summed E-state index contributed by atoms with van der Waals surface area (Å²) in [6.45, 7) is 2.60. The normalized spacial score (nSPS) is 11.2. The number of carboxylic acid groups (broad SMARTS) is 1. The lowest BCUT2D eigenvalue weighted by Gasteiger charge is -2.11. The molecule has 0 fully saturated rings. The number of hydrogen-bond donors (Lipinski definition) is 2. The molecule has 0 aromatic heterocycles. The van der Waals surface area contributed by atoms with Crippen molar-refractivity contribution in [1.29, 1.82) is 0 Å². The van der Waals surface area contributed by atoms with Gasteiger partial charge in [-0.25, -0.2) is 4.79 Å². The molecule has 2 N–H and O–H groups in total. The van der Waals surface area contributed by atoms with Crippen LogP contribution in [-0.2, 0) is 4.79 Å². The third-order valence-corrected chi connectivity index (χ3v) is 3.37. The smallest absolute Gasteiger partial charge is 0.336 e. The van der Waals surface area contributed by atoms with Gasteiger partial charge in [0.2, 0.25) is 0 Å². The topological polar surface area (TPSA) is 76.0 Å². The van der Waals surface area contributed by atoms with Gasteiger partial charge in [-0.05, 0) is 47.9 Å². The Bertz CT molecular complexity index is 732. The molecule has 0 aliphatic carbocycles. The molecule has 5 nitrogen and oxygen atoms in total. The molecule has 0 bridgehead atoms. The van der Waals surface area contributed by atoms with Crippen LogP contribution in [0.15, 0.2) is 42.5 Å². The second-order valence-corrected chi connectivity index (χ2v) is 5.17. The number of carbonyl (C=O) groups is 1. The number of methoxy groups -OCH3 is 1. The Morgan fingerprint density at radius 3 is 2.42 bits per heavy atom. The highest BCUT2D eigenvalue weighted by atomic mass is 16.5. The monoisotopic (exact) mass is 328 g/mol. The van der Waals surface area contributed by atoms with E-state index in [1.807, 2.05) is 6.92 Å². The van der Waals surface area contributed by atoms with E-state index >= 15 is 0 Å². The number of ether oxygens (including phenoxy) is 2. The van der Waals surface area contributed by atoms with E-state index in [1.54, 1.807) is 43.5 Å². The lowest BCUT2D eigenvalue weighted by Crippen LogP contribution is -2.00. The Morgan fingerprint density at radius 2 is 1.83 bits per heavy atom. The second-order valence-electron chi connectivity index (χ2n) is 5.17. The van der Waals surface area contributed by atoms with Gasteiger partial charge in [-0.15, -0.1) is 0 Å². The van der Waals surface area contributed by atoms with Crippen molar-refractivity contribution in [2.75, 3.05) is 13.7 Å². The maximum Gasteiger partial charge on any atom is 0.336 e. The zero-order chi connectivity index (χ0) is 17.5. The number of phenols is 1. The van der Waals surface area contributed by atoms with Gasteiger partial charge in [-0.3, -0.25) is 0 Å². The number of aromatic hydroxyl groups is 1. The van der Waals surface area contributed by atoms with Crippen molar-refractivity contribution in [3.8, 4) is 17.2 Å². The van der Waals surface area contributed by atoms with Crippen LogP contribution in [0.3, 0.4) is 0 Å². The maximum absolute atomic E-state index is 11.6. The highest BCUT2D eigenvalue weighted by Crippen LogP contribution is 2.30. The van der Waals surface area contributed by atoms with Crippen LogP contribution < -0.4 is 9.47 Å². The van der Waals surface area contributed by atoms with E-state index in [0.29, 0.717) is 29.2 Å². The van der Waals surface area contributed by atoms with Crippen LogP contribution in [0, 0.1) is 0 Å². The van der Waals surface area contributed by atoms with Crippen molar-refractivity contribution in [2.45, 2.75) is 13.3 Å². The first-order chi connectivity index (χ1) is 11.5. The zero-order valence-corrected chi connectivity index (χ0v) is 13.7. The minimum atomic E-state index is -1.05. The first kappa shape index (κ1) is 17.4. The number of phenolic OH excluding ortho intramolecular Hbond substituents is 1. The summed E-state index contributed by atoms with van der Waals surface area (Å²) in [5.41, 5.74) is 1.31. The number of aliphatic carboxylic acids is 1. The summed E-state index contributed by atoms with van der Waals surface area (Å²) in [6.07, 6.45) is 2.44.